The molecule has 0 amide bonds. The topological polar surface area (TPSA) is 123 Å². The number of sulfonamides is 1. The third-order valence-corrected chi connectivity index (χ3v) is 5.07. The molecule has 9 nitrogen and oxygen atoms in total. The highest BCUT2D eigenvalue weighted by Crippen LogP contribution is 2.30. The standard InChI is InChI=1S/C17H20N4O5S/c1-4-12(2)18-19-14-10-9-13(11-16(14)21(22)23)27(24,25)20-15-7-5-6-8-17(15)26-3/h5-11,19-20H,4H2,1-3H3/b18-12-. The van der Waals surface area contributed by atoms with Gasteiger partial charge in [0.15, 0.2) is 0 Å². The van der Waals surface area contributed by atoms with Crippen LogP contribution in [0.4, 0.5) is 17.1 Å². The molecular formula is C17H20N4O5S. The van der Waals surface area contributed by atoms with Crippen molar-refractivity contribution in [1.82, 2.24) is 0 Å². The minimum Gasteiger partial charge on any atom is -0.495 e. The van der Waals surface area contributed by atoms with Gasteiger partial charge in [0.2, 0.25) is 0 Å². The first kappa shape index (κ1) is 20.2. The summed E-state index contributed by atoms with van der Waals surface area (Å²) in [6.45, 7) is 3.67. The number of nitro groups is 1. The minimum absolute atomic E-state index is 0.101. The van der Waals surface area contributed by atoms with E-state index in [1.165, 1.54) is 25.3 Å². The summed E-state index contributed by atoms with van der Waals surface area (Å²) >= 11 is 0. The number of anilines is 2. The minimum atomic E-state index is -4.05. The molecule has 27 heavy (non-hydrogen) atoms. The monoisotopic (exact) mass is 392 g/mol. The van der Waals surface area contributed by atoms with Crippen LogP contribution in [0.5, 0.6) is 5.75 Å². The summed E-state index contributed by atoms with van der Waals surface area (Å²) in [5, 5.41) is 15.4. The van der Waals surface area contributed by atoms with Crippen LogP contribution < -0.4 is 14.9 Å². The molecule has 0 aromatic heterocycles. The first-order valence-corrected chi connectivity index (χ1v) is 9.50. The number of nitro benzene ring substituents is 1. The number of rotatable bonds is 8. The Labute approximate surface area is 157 Å². The summed E-state index contributed by atoms with van der Waals surface area (Å²) in [6.07, 6.45) is 0.677. The SMILES string of the molecule is CC/C(C)=N\Nc1ccc(S(=O)(=O)Nc2ccccc2OC)cc1[N+](=O)[O-]. The summed E-state index contributed by atoms with van der Waals surface area (Å²) in [5.74, 6) is 0.332. The van der Waals surface area contributed by atoms with E-state index in [2.05, 4.69) is 15.2 Å². The predicted molar refractivity (Wildman–Crippen MR) is 104 cm³/mol. The van der Waals surface area contributed by atoms with Crippen molar-refractivity contribution in [2.24, 2.45) is 5.10 Å². The van der Waals surface area contributed by atoms with Gasteiger partial charge in [0.1, 0.15) is 11.4 Å². The molecule has 0 bridgehead atoms. The van der Waals surface area contributed by atoms with E-state index in [4.69, 9.17) is 4.74 Å². The van der Waals surface area contributed by atoms with Crippen molar-refractivity contribution < 1.29 is 18.1 Å². The first-order valence-electron chi connectivity index (χ1n) is 8.02. The van der Waals surface area contributed by atoms with Crippen molar-refractivity contribution in [2.75, 3.05) is 17.3 Å². The van der Waals surface area contributed by atoms with Crippen molar-refractivity contribution >= 4 is 32.8 Å². The van der Waals surface area contributed by atoms with Crippen LogP contribution in [-0.4, -0.2) is 26.2 Å². The highest BCUT2D eigenvalue weighted by Gasteiger charge is 2.22. The van der Waals surface area contributed by atoms with E-state index >= 15 is 0 Å². The Morgan fingerprint density at radius 3 is 2.56 bits per heavy atom. The average molecular weight is 392 g/mol. The van der Waals surface area contributed by atoms with E-state index in [1.807, 2.05) is 6.92 Å². The molecule has 0 atom stereocenters. The molecule has 2 rings (SSSR count). The lowest BCUT2D eigenvalue weighted by atomic mass is 10.3. The molecule has 0 saturated heterocycles. The van der Waals surface area contributed by atoms with Gasteiger partial charge in [-0.05, 0) is 37.6 Å². The zero-order valence-corrected chi connectivity index (χ0v) is 15.9. The maximum absolute atomic E-state index is 12.6. The van der Waals surface area contributed by atoms with Crippen LogP contribution in [0.1, 0.15) is 20.3 Å². The lowest BCUT2D eigenvalue weighted by Gasteiger charge is -2.12. The van der Waals surface area contributed by atoms with Crippen molar-refractivity contribution in [2.45, 2.75) is 25.2 Å². The molecule has 0 heterocycles. The Morgan fingerprint density at radius 2 is 1.93 bits per heavy atom. The fourth-order valence-electron chi connectivity index (χ4n) is 2.09. The van der Waals surface area contributed by atoms with Crippen LogP contribution in [0.2, 0.25) is 0 Å². The van der Waals surface area contributed by atoms with E-state index in [0.29, 0.717) is 12.2 Å². The average Bonchev–Trinajstić information content (AvgIpc) is 2.65. The van der Waals surface area contributed by atoms with Gasteiger partial charge in [-0.2, -0.15) is 5.10 Å². The molecule has 0 saturated carbocycles. The maximum Gasteiger partial charge on any atom is 0.295 e. The fourth-order valence-corrected chi connectivity index (χ4v) is 3.18. The molecule has 0 aliphatic carbocycles. The molecule has 0 radical (unpaired) electrons. The van der Waals surface area contributed by atoms with Crippen molar-refractivity contribution in [3.63, 3.8) is 0 Å². The zero-order chi connectivity index (χ0) is 20.0. The van der Waals surface area contributed by atoms with Gasteiger partial charge in [0.25, 0.3) is 15.7 Å². The molecule has 0 aliphatic heterocycles. The summed E-state index contributed by atoms with van der Waals surface area (Å²) in [6, 6.07) is 10.0. The second kappa shape index (κ2) is 8.49. The highest BCUT2D eigenvalue weighted by atomic mass is 32.2. The molecule has 0 unspecified atom stereocenters. The number of hydrogen-bond acceptors (Lipinski definition) is 7. The van der Waals surface area contributed by atoms with Crippen LogP contribution in [0.25, 0.3) is 0 Å². The number of benzene rings is 2. The van der Waals surface area contributed by atoms with Crippen LogP contribution >= 0.6 is 0 Å². The Balaban J connectivity index is 2.40. The normalized spacial score (nSPS) is 11.7. The summed E-state index contributed by atoms with van der Waals surface area (Å²) in [5.41, 5.74) is 3.28. The van der Waals surface area contributed by atoms with Gasteiger partial charge in [-0.3, -0.25) is 20.3 Å². The summed E-state index contributed by atoms with van der Waals surface area (Å²) in [7, 11) is -2.64. The van der Waals surface area contributed by atoms with E-state index in [-0.39, 0.29) is 16.3 Å². The van der Waals surface area contributed by atoms with Gasteiger partial charge >= 0.3 is 0 Å². The molecular weight excluding hydrogens is 372 g/mol. The molecule has 2 aromatic carbocycles. The van der Waals surface area contributed by atoms with E-state index in [0.717, 1.165) is 11.8 Å². The van der Waals surface area contributed by atoms with Crippen molar-refractivity contribution in [3.8, 4) is 5.75 Å². The second-order valence-corrected chi connectivity index (χ2v) is 7.24. The molecule has 2 aromatic rings. The molecule has 0 fully saturated rings. The first-order chi connectivity index (χ1) is 12.8. The van der Waals surface area contributed by atoms with Gasteiger partial charge < -0.3 is 4.74 Å². The van der Waals surface area contributed by atoms with Crippen LogP contribution in [0, 0.1) is 10.1 Å². The van der Waals surface area contributed by atoms with Gasteiger partial charge in [0.05, 0.1) is 22.6 Å². The van der Waals surface area contributed by atoms with Crippen molar-refractivity contribution in [1.29, 1.82) is 0 Å². The molecule has 144 valence electrons. The van der Waals surface area contributed by atoms with Crippen LogP contribution in [0.15, 0.2) is 52.5 Å². The molecule has 0 aliphatic rings. The van der Waals surface area contributed by atoms with Crippen LogP contribution in [-0.2, 0) is 10.0 Å². The number of nitrogens with one attached hydrogen (secondary N) is 2. The summed E-state index contributed by atoms with van der Waals surface area (Å²) < 4.78 is 32.8. The smallest absolute Gasteiger partial charge is 0.295 e. The molecule has 2 N–H and O–H groups in total. The zero-order valence-electron chi connectivity index (χ0n) is 15.1. The van der Waals surface area contributed by atoms with Gasteiger partial charge in [-0.15, -0.1) is 0 Å². The Morgan fingerprint density at radius 1 is 1.22 bits per heavy atom. The Bertz CT molecular complexity index is 973. The predicted octanol–water partition coefficient (Wildman–Crippen LogP) is 3.60. The largest absolute Gasteiger partial charge is 0.495 e. The number of nitrogens with zero attached hydrogens (tertiary/aromatic N) is 2. The number of ether oxygens (including phenoxy) is 1. The second-order valence-electron chi connectivity index (χ2n) is 5.55. The number of para-hydroxylation sites is 2. The third kappa shape index (κ3) is 4.94. The Hall–Kier alpha value is -3.14. The lowest BCUT2D eigenvalue weighted by Crippen LogP contribution is -2.14. The van der Waals surface area contributed by atoms with Gasteiger partial charge in [0, 0.05) is 11.8 Å². The Kier molecular flexibility index (Phi) is 6.35. The highest BCUT2D eigenvalue weighted by molar-refractivity contribution is 7.92. The van der Waals surface area contributed by atoms with E-state index in [1.54, 1.807) is 25.1 Å². The molecule has 10 heteroatoms. The summed E-state index contributed by atoms with van der Waals surface area (Å²) in [4.78, 5) is 10.4. The van der Waals surface area contributed by atoms with E-state index in [9.17, 15) is 18.5 Å². The fraction of sp³-hybridized carbons (Fsp3) is 0.235. The van der Waals surface area contributed by atoms with E-state index < -0.39 is 20.6 Å². The third-order valence-electron chi connectivity index (χ3n) is 3.71. The number of hydrogen-bond donors (Lipinski definition) is 2. The van der Waals surface area contributed by atoms with Crippen LogP contribution in [0.3, 0.4) is 0 Å². The number of hydrazone groups is 1. The quantitative estimate of drug-likeness (QED) is 0.402. The van der Waals surface area contributed by atoms with Gasteiger partial charge in [-0.1, -0.05) is 19.1 Å². The van der Waals surface area contributed by atoms with Gasteiger partial charge in [-0.25, -0.2) is 8.42 Å². The maximum atomic E-state index is 12.6. The lowest BCUT2D eigenvalue weighted by molar-refractivity contribution is -0.384. The number of methoxy groups -OCH3 is 1. The molecule has 0 spiro atoms. The van der Waals surface area contributed by atoms with Crippen molar-refractivity contribution in [3.05, 3.63) is 52.6 Å².